The molecule has 2 atom stereocenters. The van der Waals surface area contributed by atoms with E-state index in [1.165, 1.54) is 0 Å². The molecular formula is C14H22N2O3. The summed E-state index contributed by atoms with van der Waals surface area (Å²) < 4.78 is 10.9. The van der Waals surface area contributed by atoms with Crippen LogP contribution in [0.15, 0.2) is 18.2 Å². The Hall–Kier alpha value is -1.75. The van der Waals surface area contributed by atoms with Crippen LogP contribution in [0.25, 0.3) is 0 Å². The van der Waals surface area contributed by atoms with Crippen LogP contribution in [0, 0.1) is 0 Å². The number of carbonyl (C=O) groups excluding carboxylic acids is 1. The number of rotatable bonds is 7. The van der Waals surface area contributed by atoms with Crippen molar-refractivity contribution in [2.45, 2.75) is 38.8 Å². The third-order valence-electron chi connectivity index (χ3n) is 2.98. The molecule has 5 nitrogen and oxygen atoms in total. The van der Waals surface area contributed by atoms with Crippen molar-refractivity contribution < 1.29 is 14.3 Å². The van der Waals surface area contributed by atoms with Crippen LogP contribution in [0.2, 0.25) is 0 Å². The summed E-state index contributed by atoms with van der Waals surface area (Å²) in [5.74, 6) is 0.603. The van der Waals surface area contributed by atoms with Gasteiger partial charge in [0.05, 0.1) is 7.11 Å². The first kappa shape index (κ1) is 15.3. The van der Waals surface area contributed by atoms with Crippen LogP contribution in [0.5, 0.6) is 11.5 Å². The maximum absolute atomic E-state index is 11.1. The Balaban J connectivity index is 3.05. The highest BCUT2D eigenvalue weighted by atomic mass is 16.5. The predicted octanol–water partition coefficient (Wildman–Crippen LogP) is 1.23. The second-order valence-electron chi connectivity index (χ2n) is 4.48. The lowest BCUT2D eigenvalue weighted by Gasteiger charge is -2.19. The zero-order valence-corrected chi connectivity index (χ0v) is 11.7. The first-order valence-electron chi connectivity index (χ1n) is 6.37. The molecule has 1 rings (SSSR count). The molecule has 0 saturated carbocycles. The van der Waals surface area contributed by atoms with E-state index in [4.69, 9.17) is 20.9 Å². The van der Waals surface area contributed by atoms with Gasteiger partial charge in [-0.2, -0.15) is 0 Å². The molecule has 2 unspecified atom stereocenters. The van der Waals surface area contributed by atoms with Crippen LogP contribution in [0.1, 0.15) is 25.8 Å². The Labute approximate surface area is 113 Å². The molecule has 5 heteroatoms. The number of carbonyl (C=O) groups is 1. The van der Waals surface area contributed by atoms with E-state index in [1.807, 2.05) is 19.1 Å². The molecule has 1 amide bonds. The van der Waals surface area contributed by atoms with Crippen molar-refractivity contribution in [3.05, 3.63) is 23.8 Å². The molecule has 106 valence electrons. The highest BCUT2D eigenvalue weighted by Gasteiger charge is 2.18. The molecule has 0 radical (unpaired) electrons. The lowest BCUT2D eigenvalue weighted by atomic mass is 10.0. The van der Waals surface area contributed by atoms with E-state index in [-0.39, 0.29) is 6.04 Å². The zero-order valence-electron chi connectivity index (χ0n) is 11.7. The number of benzene rings is 1. The minimum absolute atomic E-state index is 0.0401. The number of hydrogen-bond acceptors (Lipinski definition) is 4. The highest BCUT2D eigenvalue weighted by Crippen LogP contribution is 2.32. The van der Waals surface area contributed by atoms with Crippen molar-refractivity contribution in [2.24, 2.45) is 11.5 Å². The summed E-state index contributed by atoms with van der Waals surface area (Å²) in [7, 11) is 1.56. The van der Waals surface area contributed by atoms with Crippen LogP contribution < -0.4 is 20.9 Å². The number of nitrogens with two attached hydrogens (primary N) is 2. The summed E-state index contributed by atoms with van der Waals surface area (Å²) in [5.41, 5.74) is 12.1. The molecule has 1 aromatic rings. The molecule has 0 fully saturated rings. The van der Waals surface area contributed by atoms with Gasteiger partial charge in [-0.3, -0.25) is 4.79 Å². The molecule has 0 spiro atoms. The fourth-order valence-corrected chi connectivity index (χ4v) is 1.68. The van der Waals surface area contributed by atoms with Gasteiger partial charge >= 0.3 is 0 Å². The minimum Gasteiger partial charge on any atom is -0.493 e. The van der Waals surface area contributed by atoms with Crippen molar-refractivity contribution in [1.29, 1.82) is 0 Å². The van der Waals surface area contributed by atoms with Crippen LogP contribution in [-0.2, 0) is 11.2 Å². The van der Waals surface area contributed by atoms with Gasteiger partial charge in [-0.15, -0.1) is 0 Å². The van der Waals surface area contributed by atoms with Gasteiger partial charge in [-0.25, -0.2) is 0 Å². The average Bonchev–Trinajstić information content (AvgIpc) is 2.40. The zero-order chi connectivity index (χ0) is 14.4. The van der Waals surface area contributed by atoms with Gasteiger partial charge in [0.2, 0.25) is 0 Å². The average molecular weight is 266 g/mol. The van der Waals surface area contributed by atoms with E-state index in [0.29, 0.717) is 17.9 Å². The summed E-state index contributed by atoms with van der Waals surface area (Å²) in [5, 5.41) is 0. The van der Waals surface area contributed by atoms with Crippen molar-refractivity contribution >= 4 is 5.91 Å². The lowest BCUT2D eigenvalue weighted by molar-refractivity contribution is -0.124. The van der Waals surface area contributed by atoms with Crippen molar-refractivity contribution in [2.75, 3.05) is 7.11 Å². The fraction of sp³-hybridized carbons (Fsp3) is 0.500. The fourth-order valence-electron chi connectivity index (χ4n) is 1.68. The standard InChI is InChI=1S/C14H22N2O3/c1-4-11(15)8-10-6-5-7-12(18-3)13(10)19-9(2)14(16)17/h5-7,9,11H,4,8,15H2,1-3H3,(H2,16,17). The molecule has 0 aliphatic rings. The molecule has 0 aliphatic heterocycles. The monoisotopic (exact) mass is 266 g/mol. The Morgan fingerprint density at radius 3 is 2.63 bits per heavy atom. The van der Waals surface area contributed by atoms with Crippen LogP contribution in [0.3, 0.4) is 0 Å². The molecule has 4 N–H and O–H groups in total. The van der Waals surface area contributed by atoms with Crippen LogP contribution in [0.4, 0.5) is 0 Å². The molecule has 0 aliphatic carbocycles. The smallest absolute Gasteiger partial charge is 0.258 e. The second kappa shape index (κ2) is 6.99. The predicted molar refractivity (Wildman–Crippen MR) is 74.2 cm³/mol. The lowest BCUT2D eigenvalue weighted by Crippen LogP contribution is -2.31. The summed E-state index contributed by atoms with van der Waals surface area (Å²) in [4.78, 5) is 11.1. The molecule has 19 heavy (non-hydrogen) atoms. The second-order valence-corrected chi connectivity index (χ2v) is 4.48. The molecule has 0 bridgehead atoms. The number of primary amides is 1. The largest absolute Gasteiger partial charge is 0.493 e. The molecule has 1 aromatic carbocycles. The molecule has 0 aromatic heterocycles. The molecular weight excluding hydrogens is 244 g/mol. The number of hydrogen-bond donors (Lipinski definition) is 2. The first-order chi connectivity index (χ1) is 8.99. The van der Waals surface area contributed by atoms with E-state index in [9.17, 15) is 4.79 Å². The van der Waals surface area contributed by atoms with E-state index in [2.05, 4.69) is 0 Å². The van der Waals surface area contributed by atoms with Crippen LogP contribution >= 0.6 is 0 Å². The minimum atomic E-state index is -0.715. The van der Waals surface area contributed by atoms with Crippen molar-refractivity contribution in [1.82, 2.24) is 0 Å². The van der Waals surface area contributed by atoms with E-state index < -0.39 is 12.0 Å². The van der Waals surface area contributed by atoms with Crippen molar-refractivity contribution in [3.63, 3.8) is 0 Å². The number of amides is 1. The number of ether oxygens (including phenoxy) is 2. The van der Waals surface area contributed by atoms with Crippen LogP contribution in [-0.4, -0.2) is 25.2 Å². The van der Waals surface area contributed by atoms with E-state index in [0.717, 1.165) is 12.0 Å². The quantitative estimate of drug-likeness (QED) is 0.777. The van der Waals surface area contributed by atoms with Crippen molar-refractivity contribution in [3.8, 4) is 11.5 Å². The van der Waals surface area contributed by atoms with Gasteiger partial charge in [0, 0.05) is 6.04 Å². The SMILES string of the molecule is CCC(N)Cc1cccc(OC)c1OC(C)C(N)=O. The summed E-state index contributed by atoms with van der Waals surface area (Å²) in [6, 6.07) is 5.61. The third-order valence-corrected chi connectivity index (χ3v) is 2.98. The Morgan fingerprint density at radius 2 is 2.11 bits per heavy atom. The topological polar surface area (TPSA) is 87.6 Å². The van der Waals surface area contributed by atoms with E-state index in [1.54, 1.807) is 20.1 Å². The Morgan fingerprint density at radius 1 is 1.42 bits per heavy atom. The summed E-state index contributed by atoms with van der Waals surface area (Å²) in [6.07, 6.45) is 0.809. The highest BCUT2D eigenvalue weighted by molar-refractivity contribution is 5.78. The van der Waals surface area contributed by atoms with Gasteiger partial charge in [-0.1, -0.05) is 19.1 Å². The Kier molecular flexibility index (Phi) is 5.63. The van der Waals surface area contributed by atoms with Gasteiger partial charge < -0.3 is 20.9 Å². The number of methoxy groups -OCH3 is 1. The summed E-state index contributed by atoms with van der Waals surface area (Å²) >= 11 is 0. The third kappa shape index (κ3) is 4.13. The number of para-hydroxylation sites is 1. The molecule has 0 saturated heterocycles. The maximum Gasteiger partial charge on any atom is 0.258 e. The van der Waals surface area contributed by atoms with Gasteiger partial charge in [-0.05, 0) is 31.4 Å². The normalized spacial score (nSPS) is 13.7. The first-order valence-corrected chi connectivity index (χ1v) is 6.37. The summed E-state index contributed by atoms with van der Waals surface area (Å²) in [6.45, 7) is 3.63. The Bertz CT molecular complexity index is 435. The van der Waals surface area contributed by atoms with Gasteiger partial charge in [0.1, 0.15) is 0 Å². The molecule has 0 heterocycles. The van der Waals surface area contributed by atoms with Gasteiger partial charge in [0.25, 0.3) is 5.91 Å². The van der Waals surface area contributed by atoms with E-state index >= 15 is 0 Å². The maximum atomic E-state index is 11.1. The van der Waals surface area contributed by atoms with Gasteiger partial charge in [0.15, 0.2) is 17.6 Å².